The van der Waals surface area contributed by atoms with Crippen LogP contribution >= 0.6 is 0 Å². The van der Waals surface area contributed by atoms with Crippen LogP contribution in [0.3, 0.4) is 0 Å². The summed E-state index contributed by atoms with van der Waals surface area (Å²) in [4.78, 5) is 41.5. The van der Waals surface area contributed by atoms with Gasteiger partial charge in [-0.2, -0.15) is 0 Å². The summed E-state index contributed by atoms with van der Waals surface area (Å²) in [7, 11) is 1.96. The van der Waals surface area contributed by atoms with E-state index in [1.54, 1.807) is 13.1 Å². The molecule has 0 bridgehead atoms. The minimum Gasteiger partial charge on any atom is -0.481 e. The second kappa shape index (κ2) is 8.11. The van der Waals surface area contributed by atoms with Crippen LogP contribution in [-0.4, -0.2) is 69.9 Å². The molecule has 2 fully saturated rings. The maximum Gasteiger partial charge on any atom is 0.311 e. The van der Waals surface area contributed by atoms with Crippen LogP contribution in [0.4, 0.5) is 0 Å². The molecule has 1 N–H and O–H groups in total. The van der Waals surface area contributed by atoms with E-state index in [0.717, 1.165) is 35.9 Å². The fourth-order valence-electron chi connectivity index (χ4n) is 5.59. The second-order valence-electron chi connectivity index (χ2n) is 9.04. The van der Waals surface area contributed by atoms with Gasteiger partial charge in [-0.1, -0.05) is 25.1 Å². The quantitative estimate of drug-likeness (QED) is 0.745. The number of likely N-dealkylation sites (N-methyl/N-ethyl adjacent to an activating group) is 1. The number of fused-ring (bicyclic) bond motifs is 2. The van der Waals surface area contributed by atoms with E-state index in [0.29, 0.717) is 31.5 Å². The van der Waals surface area contributed by atoms with E-state index in [9.17, 15) is 19.5 Å². The van der Waals surface area contributed by atoms with Crippen LogP contribution in [-0.2, 0) is 22.6 Å². The van der Waals surface area contributed by atoms with Gasteiger partial charge in [0.15, 0.2) is 5.78 Å². The average Bonchev–Trinajstić information content (AvgIpc) is 3.12. The Hall–Kier alpha value is -2.67. The Kier molecular flexibility index (Phi) is 5.64. The Balaban J connectivity index is 1.62. The van der Waals surface area contributed by atoms with Gasteiger partial charge in [0.25, 0.3) is 0 Å². The number of piperidine rings is 2. The number of likely N-dealkylation sites (tertiary alicyclic amines) is 2. The highest BCUT2D eigenvalue weighted by Gasteiger charge is 2.52. The van der Waals surface area contributed by atoms with E-state index in [2.05, 4.69) is 11.8 Å². The van der Waals surface area contributed by atoms with Gasteiger partial charge in [-0.15, -0.1) is 0 Å². The number of aliphatic carboxylic acids is 1. The maximum atomic E-state index is 13.3. The molecule has 2 aliphatic heterocycles. The van der Waals surface area contributed by atoms with Crippen molar-refractivity contribution in [3.8, 4) is 0 Å². The average molecular weight is 426 g/mol. The summed E-state index contributed by atoms with van der Waals surface area (Å²) in [6.45, 7) is 5.50. The number of amides is 1. The topological polar surface area (TPSA) is 82.8 Å². The Morgan fingerprint density at radius 1 is 1.19 bits per heavy atom. The molecule has 7 heteroatoms. The normalized spacial score (nSPS) is 24.2. The van der Waals surface area contributed by atoms with Crippen molar-refractivity contribution in [3.63, 3.8) is 0 Å². The Morgan fingerprint density at radius 2 is 1.97 bits per heavy atom. The van der Waals surface area contributed by atoms with Crippen molar-refractivity contribution in [1.82, 2.24) is 14.4 Å². The molecular weight excluding hydrogens is 394 g/mol. The molecule has 2 saturated heterocycles. The Bertz CT molecular complexity index is 1040. The summed E-state index contributed by atoms with van der Waals surface area (Å²) >= 11 is 0. The first-order valence-corrected chi connectivity index (χ1v) is 11.1. The van der Waals surface area contributed by atoms with Crippen molar-refractivity contribution in [2.45, 2.75) is 52.1 Å². The van der Waals surface area contributed by atoms with Crippen molar-refractivity contribution in [2.75, 3.05) is 26.7 Å². The third-order valence-corrected chi connectivity index (χ3v) is 7.35. The number of Topliss-reactive ketones (excluding diaryl/α,β-unsaturated/α-hetero) is 1. The number of aryl methyl sites for hydroxylation is 1. The van der Waals surface area contributed by atoms with Crippen LogP contribution in [0.1, 0.15) is 49.0 Å². The number of benzene rings is 1. The minimum absolute atomic E-state index is 0.0162. The number of carboxylic acids is 1. The molecular formula is C24H31N3O4. The first-order chi connectivity index (χ1) is 14.8. The number of hydrogen-bond acceptors (Lipinski definition) is 4. The smallest absolute Gasteiger partial charge is 0.311 e. The highest BCUT2D eigenvalue weighted by atomic mass is 16.4. The molecule has 0 saturated carbocycles. The summed E-state index contributed by atoms with van der Waals surface area (Å²) in [6, 6.07) is 5.75. The highest BCUT2D eigenvalue weighted by Crippen LogP contribution is 2.42. The number of ketones is 1. The van der Waals surface area contributed by atoms with E-state index >= 15 is 0 Å². The molecule has 1 aromatic carbocycles. The predicted molar refractivity (Wildman–Crippen MR) is 118 cm³/mol. The summed E-state index contributed by atoms with van der Waals surface area (Å²) in [6.07, 6.45) is 4.63. The first kappa shape index (κ1) is 21.6. The molecule has 7 nitrogen and oxygen atoms in total. The van der Waals surface area contributed by atoms with Crippen molar-refractivity contribution in [1.29, 1.82) is 0 Å². The van der Waals surface area contributed by atoms with Crippen LogP contribution in [0.25, 0.3) is 10.9 Å². The van der Waals surface area contributed by atoms with Gasteiger partial charge in [-0.05, 0) is 51.8 Å². The molecule has 31 heavy (non-hydrogen) atoms. The van der Waals surface area contributed by atoms with Gasteiger partial charge in [0, 0.05) is 36.3 Å². The zero-order chi connectivity index (χ0) is 22.3. The van der Waals surface area contributed by atoms with Crippen molar-refractivity contribution in [3.05, 3.63) is 35.5 Å². The Morgan fingerprint density at radius 3 is 2.65 bits per heavy atom. The molecule has 0 spiro atoms. The lowest BCUT2D eigenvalue weighted by Crippen LogP contribution is -2.63. The maximum absolute atomic E-state index is 13.3. The van der Waals surface area contributed by atoms with Crippen molar-refractivity contribution < 1.29 is 19.5 Å². The fraction of sp³-hybridized carbons (Fsp3) is 0.542. The van der Waals surface area contributed by atoms with E-state index < -0.39 is 11.4 Å². The lowest BCUT2D eigenvalue weighted by molar-refractivity contribution is -0.165. The third kappa shape index (κ3) is 3.55. The predicted octanol–water partition coefficient (Wildman–Crippen LogP) is 2.80. The molecule has 3 heterocycles. The van der Waals surface area contributed by atoms with E-state index in [1.807, 2.05) is 34.7 Å². The first-order valence-electron chi connectivity index (χ1n) is 11.1. The Labute approximate surface area is 182 Å². The minimum atomic E-state index is -0.763. The molecule has 0 radical (unpaired) electrons. The van der Waals surface area contributed by atoms with Gasteiger partial charge in [-0.25, -0.2) is 0 Å². The third-order valence-electron chi connectivity index (χ3n) is 7.35. The van der Waals surface area contributed by atoms with Crippen LogP contribution in [0.15, 0.2) is 24.4 Å². The van der Waals surface area contributed by atoms with Crippen LogP contribution < -0.4 is 0 Å². The van der Waals surface area contributed by atoms with Gasteiger partial charge in [-0.3, -0.25) is 14.4 Å². The number of nitrogens with zero attached hydrogens (tertiary/aromatic N) is 3. The second-order valence-corrected chi connectivity index (χ2v) is 9.04. The van der Waals surface area contributed by atoms with Gasteiger partial charge < -0.3 is 19.5 Å². The summed E-state index contributed by atoms with van der Waals surface area (Å²) < 4.78 is 1.90. The van der Waals surface area contributed by atoms with E-state index in [4.69, 9.17) is 0 Å². The summed E-state index contributed by atoms with van der Waals surface area (Å²) in [5.41, 5.74) is 1.92. The number of carbonyl (C=O) groups is 3. The SMILES string of the molecule is CCc1cccc2c(C(C)=O)cn(CC(=O)N3CC[C@@]4(C(=O)O)CCCN(C)[C@@H]4C3)c12. The zero-order valence-corrected chi connectivity index (χ0v) is 18.6. The lowest BCUT2D eigenvalue weighted by atomic mass is 9.68. The molecule has 2 atom stereocenters. The number of hydrogen-bond donors (Lipinski definition) is 1. The molecule has 2 aromatic rings. The zero-order valence-electron chi connectivity index (χ0n) is 18.6. The number of rotatable bonds is 5. The van der Waals surface area contributed by atoms with Crippen molar-refractivity contribution >= 4 is 28.6 Å². The highest BCUT2D eigenvalue weighted by molar-refractivity contribution is 6.08. The summed E-state index contributed by atoms with van der Waals surface area (Å²) in [5.74, 6) is -0.792. The fourth-order valence-corrected chi connectivity index (χ4v) is 5.59. The number of para-hydroxylation sites is 1. The van der Waals surface area contributed by atoms with E-state index in [-0.39, 0.29) is 24.3 Å². The molecule has 1 amide bonds. The molecule has 0 unspecified atom stereocenters. The number of aromatic nitrogens is 1. The van der Waals surface area contributed by atoms with Crippen LogP contribution in [0.2, 0.25) is 0 Å². The molecule has 1 aromatic heterocycles. The largest absolute Gasteiger partial charge is 0.481 e. The van der Waals surface area contributed by atoms with Gasteiger partial charge in [0.1, 0.15) is 6.54 Å². The standard InChI is InChI=1S/C24H31N3O4/c1-4-17-7-5-8-18-19(16(2)28)13-27(22(17)18)15-21(29)26-12-10-24(23(30)31)9-6-11-25(3)20(24)14-26/h5,7-8,13,20H,4,6,9-12,14-15H2,1-3H3,(H,30,31)/t20-,24+/m1/s1. The molecule has 0 aliphatic carbocycles. The van der Waals surface area contributed by atoms with Gasteiger partial charge >= 0.3 is 5.97 Å². The lowest BCUT2D eigenvalue weighted by Gasteiger charge is -2.51. The van der Waals surface area contributed by atoms with E-state index in [1.165, 1.54) is 0 Å². The molecule has 166 valence electrons. The number of carboxylic acid groups (broad SMARTS) is 1. The van der Waals surface area contributed by atoms with Crippen molar-refractivity contribution in [2.24, 2.45) is 5.41 Å². The summed E-state index contributed by atoms with van der Waals surface area (Å²) in [5, 5.41) is 10.9. The van der Waals surface area contributed by atoms with Crippen LogP contribution in [0.5, 0.6) is 0 Å². The van der Waals surface area contributed by atoms with Crippen LogP contribution in [0, 0.1) is 5.41 Å². The monoisotopic (exact) mass is 425 g/mol. The molecule has 2 aliphatic rings. The molecule has 4 rings (SSSR count). The van der Waals surface area contributed by atoms with Gasteiger partial charge in [0.05, 0.1) is 10.9 Å². The van der Waals surface area contributed by atoms with Gasteiger partial charge in [0.2, 0.25) is 5.91 Å². The number of carbonyl (C=O) groups excluding carboxylic acids is 2.